The van der Waals surface area contributed by atoms with Crippen molar-refractivity contribution in [3.05, 3.63) is 34.1 Å². The van der Waals surface area contributed by atoms with Gasteiger partial charge in [-0.2, -0.15) is 28.3 Å². The number of aryl methyl sites for hydroxylation is 2. The predicted molar refractivity (Wildman–Crippen MR) is 82.8 cm³/mol. The fraction of sp³-hybridized carbons (Fsp3) is 0.667. The summed E-state index contributed by atoms with van der Waals surface area (Å²) in [5, 5.41) is 0. The Balaban J connectivity index is -0.000000107. The summed E-state index contributed by atoms with van der Waals surface area (Å²) in [4.78, 5) is 0. The van der Waals surface area contributed by atoms with Crippen molar-refractivity contribution in [3.63, 3.8) is 0 Å². The summed E-state index contributed by atoms with van der Waals surface area (Å²) in [6, 6.07) is 2.24. The molecule has 0 spiro atoms. The van der Waals surface area contributed by atoms with Crippen molar-refractivity contribution < 1.29 is 47.8 Å². The minimum atomic E-state index is -0.250. The Kier molecular flexibility index (Phi) is 19.8. The average Bonchev–Trinajstić information content (AvgIpc) is 2.48. The van der Waals surface area contributed by atoms with E-state index in [1.165, 1.54) is 45.3 Å². The van der Waals surface area contributed by atoms with E-state index >= 15 is 0 Å². The van der Waals surface area contributed by atoms with Gasteiger partial charge in [0.15, 0.2) is 0 Å². The first-order valence-electron chi connectivity index (χ1n) is 6.37. The molecule has 0 aliphatic carbocycles. The Morgan fingerprint density at radius 1 is 1.15 bits per heavy atom. The number of nitrogens with one attached hydrogen (secondary N) is 1. The summed E-state index contributed by atoms with van der Waals surface area (Å²) >= 11 is 1.33. The molecule has 0 aliphatic rings. The SMILES string of the molecule is CC(C)C(C)(C)[NH-].Cc1c[c-](C)c(C)c1C.[Cl-].[Cl-].[SiH2]=[Hf+2]. The zero-order valence-electron chi connectivity index (χ0n) is 14.1. The molecular formula is C15H29Cl2HfNSi-2. The molecule has 0 bridgehead atoms. The van der Waals surface area contributed by atoms with E-state index in [1.807, 2.05) is 20.8 Å². The first kappa shape index (κ1) is 29.0. The summed E-state index contributed by atoms with van der Waals surface area (Å²) in [5.41, 5.74) is 12.9. The molecule has 0 aromatic heterocycles. The summed E-state index contributed by atoms with van der Waals surface area (Å²) < 4.78 is 0. The van der Waals surface area contributed by atoms with Crippen molar-refractivity contribution in [3.8, 4) is 0 Å². The molecular weight excluding hydrogens is 472 g/mol. The fourth-order valence-electron chi connectivity index (χ4n) is 1.13. The van der Waals surface area contributed by atoms with Crippen LogP contribution in [0.5, 0.6) is 0 Å². The van der Waals surface area contributed by atoms with Crippen LogP contribution in [0.4, 0.5) is 0 Å². The topological polar surface area (TPSA) is 23.8 Å². The van der Waals surface area contributed by atoms with Crippen LogP contribution in [0.15, 0.2) is 6.07 Å². The van der Waals surface area contributed by atoms with Crippen LogP contribution in [0.2, 0.25) is 0 Å². The first-order valence-corrected chi connectivity index (χ1v) is 14.7. The second-order valence-electron chi connectivity index (χ2n) is 5.64. The van der Waals surface area contributed by atoms with Crippen molar-refractivity contribution in [2.75, 3.05) is 0 Å². The third-order valence-corrected chi connectivity index (χ3v) is 3.62. The van der Waals surface area contributed by atoms with Gasteiger partial charge in [-0.25, -0.2) is 0 Å². The van der Waals surface area contributed by atoms with Gasteiger partial charge in [0, 0.05) is 0 Å². The second-order valence-corrected chi connectivity index (χ2v) is 5.64. The van der Waals surface area contributed by atoms with E-state index in [0.29, 0.717) is 5.92 Å². The molecule has 0 fully saturated rings. The molecule has 0 radical (unpaired) electrons. The van der Waals surface area contributed by atoms with Gasteiger partial charge >= 0.3 is 29.9 Å². The van der Waals surface area contributed by atoms with E-state index in [9.17, 15) is 0 Å². The monoisotopic (exact) mass is 501 g/mol. The molecule has 1 N–H and O–H groups in total. The Labute approximate surface area is 155 Å². The van der Waals surface area contributed by atoms with Crippen molar-refractivity contribution >= 4 is 6.94 Å². The van der Waals surface area contributed by atoms with Crippen LogP contribution in [0.3, 0.4) is 0 Å². The van der Waals surface area contributed by atoms with Gasteiger partial charge < -0.3 is 30.5 Å². The molecule has 0 amide bonds. The van der Waals surface area contributed by atoms with Crippen LogP contribution < -0.4 is 24.8 Å². The third-order valence-electron chi connectivity index (χ3n) is 3.62. The van der Waals surface area contributed by atoms with Crippen LogP contribution in [-0.2, 0) is 23.0 Å². The molecule has 0 saturated heterocycles. The number of hydrogen-bond donors (Lipinski definition) is 0. The maximum absolute atomic E-state index is 7.39. The van der Waals surface area contributed by atoms with Gasteiger partial charge in [-0.05, 0) is 0 Å². The number of hydrogen-bond acceptors (Lipinski definition) is 0. The van der Waals surface area contributed by atoms with E-state index in [4.69, 9.17) is 5.73 Å². The Hall–Kier alpha value is 0.977. The summed E-state index contributed by atoms with van der Waals surface area (Å²) in [5.74, 6) is 0.465. The van der Waals surface area contributed by atoms with E-state index < -0.39 is 0 Å². The molecule has 0 saturated carbocycles. The molecule has 1 aromatic rings. The van der Waals surface area contributed by atoms with E-state index in [1.54, 1.807) is 0 Å². The van der Waals surface area contributed by atoms with Gasteiger partial charge in [0.25, 0.3) is 0 Å². The van der Waals surface area contributed by atoms with E-state index in [0.717, 1.165) is 0 Å². The Morgan fingerprint density at radius 2 is 1.45 bits per heavy atom. The van der Waals surface area contributed by atoms with Gasteiger partial charge in [-0.3, -0.25) is 0 Å². The van der Waals surface area contributed by atoms with Crippen LogP contribution in [0.25, 0.3) is 5.73 Å². The van der Waals surface area contributed by atoms with Crippen LogP contribution >= 0.6 is 0 Å². The summed E-state index contributed by atoms with van der Waals surface area (Å²) in [6.07, 6.45) is 0. The maximum atomic E-state index is 7.39. The van der Waals surface area contributed by atoms with Crippen LogP contribution in [-0.4, -0.2) is 12.5 Å². The van der Waals surface area contributed by atoms with Gasteiger partial charge in [-0.1, -0.05) is 61.3 Å². The summed E-state index contributed by atoms with van der Waals surface area (Å²) in [6.45, 7) is 18.7. The van der Waals surface area contributed by atoms with Gasteiger partial charge in [-0.15, -0.1) is 5.54 Å². The number of rotatable bonds is 1. The number of halogens is 2. The molecule has 1 nitrogen and oxygen atoms in total. The molecule has 0 unspecified atom stereocenters. The normalized spacial score (nSPS) is 9.40. The molecule has 0 aliphatic heterocycles. The molecule has 118 valence electrons. The molecule has 0 atom stereocenters. The van der Waals surface area contributed by atoms with Crippen molar-refractivity contribution in [1.29, 1.82) is 0 Å². The van der Waals surface area contributed by atoms with Crippen molar-refractivity contribution in [1.82, 2.24) is 0 Å². The second kappa shape index (κ2) is 13.6. The van der Waals surface area contributed by atoms with Crippen molar-refractivity contribution in [2.24, 2.45) is 5.92 Å². The molecule has 1 rings (SSSR count). The van der Waals surface area contributed by atoms with Gasteiger partial charge in [0.05, 0.1) is 0 Å². The van der Waals surface area contributed by atoms with Gasteiger partial charge in [0.2, 0.25) is 0 Å². The average molecular weight is 501 g/mol. The predicted octanol–water partition coefficient (Wildman–Crippen LogP) is -1.80. The molecule has 20 heavy (non-hydrogen) atoms. The van der Waals surface area contributed by atoms with E-state index in [-0.39, 0.29) is 30.4 Å². The third kappa shape index (κ3) is 11.6. The zero-order valence-corrected chi connectivity index (χ0v) is 20.6. The van der Waals surface area contributed by atoms with Crippen molar-refractivity contribution in [2.45, 2.75) is 60.9 Å². The quantitative estimate of drug-likeness (QED) is 0.321. The zero-order chi connectivity index (χ0) is 15.1. The molecule has 1 aromatic carbocycles. The summed E-state index contributed by atoms with van der Waals surface area (Å²) in [7, 11) is 0. The Morgan fingerprint density at radius 3 is 1.50 bits per heavy atom. The van der Waals surface area contributed by atoms with E-state index in [2.05, 4.69) is 47.6 Å². The standard InChI is InChI=1S/C9H13.C6H14N.2ClH.Hf.H2Si/c1-6-5-7(2)9(4)8(6)3;1-5(2)6(3,4)7;;;;/h5H,1-4H3;5,7H,1-4H3;2*1H;;1H2/q2*-1;;;+2;/p-2. The van der Waals surface area contributed by atoms with Crippen LogP contribution in [0, 0.1) is 33.6 Å². The molecule has 0 heterocycles. The fourth-order valence-corrected chi connectivity index (χ4v) is 1.13. The molecule has 5 heteroatoms. The van der Waals surface area contributed by atoms with Crippen LogP contribution in [0.1, 0.15) is 49.9 Å². The first-order chi connectivity index (χ1) is 8.07. The minimum absolute atomic E-state index is 0. The Bertz CT molecular complexity index is 335. The van der Waals surface area contributed by atoms with Gasteiger partial charge in [0.1, 0.15) is 0 Å².